The van der Waals surface area contributed by atoms with Gasteiger partial charge in [0.2, 0.25) is 10.0 Å². The van der Waals surface area contributed by atoms with Gasteiger partial charge in [0.05, 0.1) is 16.5 Å². The smallest absolute Gasteiger partial charge is 0.338 e. The van der Waals surface area contributed by atoms with Gasteiger partial charge in [-0.3, -0.25) is 4.79 Å². The summed E-state index contributed by atoms with van der Waals surface area (Å²) in [6.45, 7) is 1.59. The minimum Gasteiger partial charge on any atom is -0.452 e. The molecule has 0 aliphatic heterocycles. The third-order valence-electron chi connectivity index (χ3n) is 4.56. The first-order valence-corrected chi connectivity index (χ1v) is 10.8. The lowest BCUT2D eigenvalue weighted by Crippen LogP contribution is -2.50. The fourth-order valence-electron chi connectivity index (χ4n) is 3.05. The van der Waals surface area contributed by atoms with E-state index in [4.69, 9.17) is 4.74 Å². The number of carbonyl (C=O) groups is 2. The molecule has 0 aromatic heterocycles. The van der Waals surface area contributed by atoms with Gasteiger partial charge in [-0.1, -0.05) is 32.3 Å². The Hall–Kier alpha value is -2.44. The van der Waals surface area contributed by atoms with Crippen molar-refractivity contribution in [2.75, 3.05) is 13.2 Å². The molecule has 2 rings (SSSR count). The van der Waals surface area contributed by atoms with Gasteiger partial charge < -0.3 is 10.1 Å². The number of esters is 1. The average molecular weight is 407 g/mol. The number of benzene rings is 1. The molecular formula is C19H25N3O5S. The number of nitrogens with zero attached hydrogens (tertiary/aromatic N) is 1. The van der Waals surface area contributed by atoms with E-state index in [2.05, 4.69) is 16.1 Å². The number of sulfonamides is 1. The van der Waals surface area contributed by atoms with Crippen LogP contribution < -0.4 is 10.0 Å². The molecule has 9 heteroatoms. The Morgan fingerprint density at radius 2 is 1.96 bits per heavy atom. The molecule has 152 valence electrons. The van der Waals surface area contributed by atoms with Crippen molar-refractivity contribution in [3.05, 3.63) is 29.8 Å². The van der Waals surface area contributed by atoms with E-state index >= 15 is 0 Å². The highest BCUT2D eigenvalue weighted by Gasteiger charge is 2.33. The van der Waals surface area contributed by atoms with Gasteiger partial charge in [0.15, 0.2) is 6.61 Å². The molecule has 28 heavy (non-hydrogen) atoms. The number of amides is 1. The van der Waals surface area contributed by atoms with Crippen molar-refractivity contribution in [3.8, 4) is 6.07 Å². The van der Waals surface area contributed by atoms with Crippen LogP contribution in [-0.2, 0) is 19.6 Å². The summed E-state index contributed by atoms with van der Waals surface area (Å²) in [5.41, 5.74) is -0.874. The lowest BCUT2D eigenvalue weighted by atomic mass is 9.83. The summed E-state index contributed by atoms with van der Waals surface area (Å²) >= 11 is 0. The predicted molar refractivity (Wildman–Crippen MR) is 102 cm³/mol. The number of hydrogen-bond acceptors (Lipinski definition) is 6. The Balaban J connectivity index is 1.97. The number of nitrogens with one attached hydrogen (secondary N) is 2. The maximum atomic E-state index is 12.2. The van der Waals surface area contributed by atoms with Crippen LogP contribution in [-0.4, -0.2) is 39.0 Å². The van der Waals surface area contributed by atoms with Crippen LogP contribution in [0.1, 0.15) is 55.8 Å². The van der Waals surface area contributed by atoms with Gasteiger partial charge in [0.25, 0.3) is 5.91 Å². The van der Waals surface area contributed by atoms with Crippen LogP contribution in [0.3, 0.4) is 0 Å². The molecule has 0 bridgehead atoms. The molecule has 0 unspecified atom stereocenters. The average Bonchev–Trinajstić information content (AvgIpc) is 2.71. The summed E-state index contributed by atoms with van der Waals surface area (Å²) < 4.78 is 31.7. The van der Waals surface area contributed by atoms with Gasteiger partial charge >= 0.3 is 5.97 Å². The van der Waals surface area contributed by atoms with E-state index in [-0.39, 0.29) is 17.0 Å². The van der Waals surface area contributed by atoms with E-state index in [0.717, 1.165) is 19.3 Å². The van der Waals surface area contributed by atoms with E-state index in [1.54, 1.807) is 0 Å². The molecule has 1 amide bonds. The first-order chi connectivity index (χ1) is 13.3. The monoisotopic (exact) mass is 407 g/mol. The fraction of sp³-hybridized carbons (Fsp3) is 0.526. The molecule has 0 heterocycles. The first-order valence-electron chi connectivity index (χ1n) is 9.31. The third-order valence-corrected chi connectivity index (χ3v) is 6.01. The molecule has 8 nitrogen and oxygen atoms in total. The highest BCUT2D eigenvalue weighted by molar-refractivity contribution is 7.89. The van der Waals surface area contributed by atoms with Gasteiger partial charge in [-0.25, -0.2) is 17.9 Å². The van der Waals surface area contributed by atoms with Gasteiger partial charge in [0, 0.05) is 6.54 Å². The van der Waals surface area contributed by atoms with Crippen molar-refractivity contribution in [2.45, 2.75) is 55.9 Å². The second kappa shape index (κ2) is 9.66. The summed E-state index contributed by atoms with van der Waals surface area (Å²) in [4.78, 5) is 24.3. The van der Waals surface area contributed by atoms with Crippen LogP contribution in [0.5, 0.6) is 0 Å². The molecule has 0 radical (unpaired) electrons. The summed E-state index contributed by atoms with van der Waals surface area (Å²) in [7, 11) is -3.71. The highest BCUT2D eigenvalue weighted by Crippen LogP contribution is 2.27. The summed E-state index contributed by atoms with van der Waals surface area (Å²) in [6, 6.07) is 7.59. The molecule has 1 saturated carbocycles. The zero-order valence-electron chi connectivity index (χ0n) is 15.9. The molecule has 0 spiro atoms. The molecule has 2 N–H and O–H groups in total. The lowest BCUT2D eigenvalue weighted by molar-refractivity contribution is -0.125. The molecule has 0 atom stereocenters. The van der Waals surface area contributed by atoms with E-state index in [0.29, 0.717) is 19.3 Å². The summed E-state index contributed by atoms with van der Waals surface area (Å²) in [6.07, 6.45) is 4.55. The standard InChI is InChI=1S/C19H25N3O5S/c1-2-11-21-28(25,26)16-8-6-7-15(12-16)18(24)27-13-17(23)22-19(14-20)9-4-3-5-10-19/h6-8,12,21H,2-5,9-11,13H2,1H3,(H,22,23). The molecule has 1 aromatic carbocycles. The number of ether oxygens (including phenoxy) is 1. The van der Waals surface area contributed by atoms with Crippen LogP contribution in [0, 0.1) is 11.3 Å². The van der Waals surface area contributed by atoms with E-state index < -0.39 is 34.0 Å². The second-order valence-corrected chi connectivity index (χ2v) is 8.57. The number of rotatable bonds is 8. The lowest BCUT2D eigenvalue weighted by Gasteiger charge is -2.31. The van der Waals surface area contributed by atoms with Crippen LogP contribution >= 0.6 is 0 Å². The number of nitriles is 1. The minimum absolute atomic E-state index is 0.0276. The molecule has 1 aliphatic carbocycles. The molecule has 1 fully saturated rings. The molecule has 0 saturated heterocycles. The van der Waals surface area contributed by atoms with E-state index in [1.807, 2.05) is 6.92 Å². The van der Waals surface area contributed by atoms with Gasteiger partial charge in [-0.05, 0) is 37.5 Å². The second-order valence-electron chi connectivity index (χ2n) is 6.80. The highest BCUT2D eigenvalue weighted by atomic mass is 32.2. The minimum atomic E-state index is -3.71. The zero-order chi connectivity index (χ0) is 20.6. The van der Waals surface area contributed by atoms with Crippen molar-refractivity contribution in [1.29, 1.82) is 5.26 Å². The molecule has 1 aliphatic rings. The number of carbonyl (C=O) groups excluding carboxylic acids is 2. The Kier molecular flexibility index (Phi) is 7.54. The summed E-state index contributed by atoms with van der Waals surface area (Å²) in [5.74, 6) is -1.36. The zero-order valence-corrected chi connectivity index (χ0v) is 16.7. The fourth-order valence-corrected chi connectivity index (χ4v) is 4.23. The summed E-state index contributed by atoms with van der Waals surface area (Å²) in [5, 5.41) is 12.0. The third kappa shape index (κ3) is 5.78. The molecular weight excluding hydrogens is 382 g/mol. The van der Waals surface area contributed by atoms with Gasteiger partial charge in [0.1, 0.15) is 5.54 Å². The van der Waals surface area contributed by atoms with Crippen LogP contribution in [0.25, 0.3) is 0 Å². The Morgan fingerprint density at radius 1 is 1.25 bits per heavy atom. The van der Waals surface area contributed by atoms with Crippen molar-refractivity contribution in [3.63, 3.8) is 0 Å². The Morgan fingerprint density at radius 3 is 2.61 bits per heavy atom. The Bertz CT molecular complexity index is 855. The van der Waals surface area contributed by atoms with Gasteiger partial charge in [-0.15, -0.1) is 0 Å². The Labute approximate surface area is 165 Å². The normalized spacial score (nSPS) is 16.0. The van der Waals surface area contributed by atoms with Crippen molar-refractivity contribution >= 4 is 21.9 Å². The van der Waals surface area contributed by atoms with Crippen molar-refractivity contribution in [2.24, 2.45) is 0 Å². The van der Waals surface area contributed by atoms with E-state index in [9.17, 15) is 23.3 Å². The SMILES string of the molecule is CCCNS(=O)(=O)c1cccc(C(=O)OCC(=O)NC2(C#N)CCCCC2)c1. The topological polar surface area (TPSA) is 125 Å². The largest absolute Gasteiger partial charge is 0.452 e. The van der Waals surface area contributed by atoms with Crippen molar-refractivity contribution < 1.29 is 22.7 Å². The van der Waals surface area contributed by atoms with E-state index in [1.165, 1.54) is 24.3 Å². The quantitative estimate of drug-likeness (QED) is 0.634. The van der Waals surface area contributed by atoms with Crippen LogP contribution in [0.2, 0.25) is 0 Å². The maximum Gasteiger partial charge on any atom is 0.338 e. The maximum absolute atomic E-state index is 12.2. The van der Waals surface area contributed by atoms with Crippen molar-refractivity contribution in [1.82, 2.24) is 10.0 Å². The number of hydrogen-bond donors (Lipinski definition) is 2. The molecule has 1 aromatic rings. The first kappa shape index (κ1) is 21.9. The van der Waals surface area contributed by atoms with Gasteiger partial charge in [-0.2, -0.15) is 5.26 Å². The van der Waals surface area contributed by atoms with Crippen LogP contribution in [0.4, 0.5) is 0 Å². The predicted octanol–water partition coefficient (Wildman–Crippen LogP) is 1.87. The van der Waals surface area contributed by atoms with Crippen LogP contribution in [0.15, 0.2) is 29.2 Å².